The molecule has 0 aromatic carbocycles. The van der Waals surface area contributed by atoms with Crippen LogP contribution < -0.4 is 0 Å². The fourth-order valence-electron chi connectivity index (χ4n) is 0.0791. The first-order valence-corrected chi connectivity index (χ1v) is 4.65. The molecule has 0 unspecified atom stereocenters. The van der Waals surface area contributed by atoms with Crippen molar-refractivity contribution in [2.45, 2.75) is 21.8 Å². The van der Waals surface area contributed by atoms with Gasteiger partial charge in [-0.1, -0.05) is 27.2 Å². The predicted molar refractivity (Wildman–Crippen MR) is 93.4 cm³/mol. The average molecular weight is 484 g/mol. The van der Waals surface area contributed by atoms with Crippen LogP contribution in [0.25, 0.3) is 0 Å². The summed E-state index contributed by atoms with van der Waals surface area (Å²) in [5, 5.41) is 6.76. The fourth-order valence-corrected chi connectivity index (χ4v) is 0.237. The summed E-state index contributed by atoms with van der Waals surface area (Å²) < 4.78 is 33.2. The Morgan fingerprint density at radius 2 is 1.23 bits per heavy atom. The number of aliphatic hydroxyl groups excluding tert-OH is 1. The standard InChI is InChI=1S/C4H6S.CHO2.2CH4.2O2S.O2.2H2O.H2S.Y.H2/c1-2-3-4-5;2-1-3;;;2*1-3-2;1-2;;;;;/h5H,4H2,1H3;(H,2,3);2*1H4;;;;3*1H2;;1H/q;-1;;;;;;;;;;. The van der Waals surface area contributed by atoms with E-state index in [1.807, 2.05) is 0 Å². The molecule has 0 fully saturated rings. The van der Waals surface area contributed by atoms with E-state index in [9.17, 15) is 0 Å². The molecule has 0 bridgehead atoms. The third-order valence-electron chi connectivity index (χ3n) is 0.256. The van der Waals surface area contributed by atoms with E-state index in [4.69, 9.17) is 36.7 Å². The molecule has 10 nitrogen and oxygen atoms in total. The van der Waals surface area contributed by atoms with Gasteiger partial charge in [-0.2, -0.15) is 43.0 Å². The smallest absolute Gasteiger partial charge is 0.335 e. The Morgan fingerprint density at radius 3 is 1.23 bits per heavy atom. The second kappa shape index (κ2) is 234. The second-order valence-electron chi connectivity index (χ2n) is 0.812. The van der Waals surface area contributed by atoms with E-state index in [2.05, 4.69) is 24.5 Å². The number of thiol groups is 1. The molecule has 0 atom stereocenters. The molecule has 15 heteroatoms. The van der Waals surface area contributed by atoms with Crippen molar-refractivity contribution in [3.63, 3.8) is 0 Å². The minimum absolute atomic E-state index is 0. The molecule has 22 heavy (non-hydrogen) atoms. The normalized spacial score (nSPS) is 3.00. The molecule has 0 aliphatic rings. The first-order chi connectivity index (χ1) is 7.66. The molecular weight excluding hydrogens is 461 g/mol. The molecule has 0 saturated heterocycles. The summed E-state index contributed by atoms with van der Waals surface area (Å²) in [4.78, 5) is 22.2. The van der Waals surface area contributed by atoms with Crippen LogP contribution in [0.3, 0.4) is 0 Å². The van der Waals surface area contributed by atoms with Gasteiger partial charge in [-0.25, -0.2) is 0 Å². The van der Waals surface area contributed by atoms with E-state index in [-0.39, 0.29) is 73.4 Å². The van der Waals surface area contributed by atoms with Crippen LogP contribution in [0.4, 0.5) is 0 Å². The van der Waals surface area contributed by atoms with Gasteiger partial charge in [0, 0.05) is 44.1 Å². The third kappa shape index (κ3) is 1810. The summed E-state index contributed by atoms with van der Waals surface area (Å²) in [6.45, 7) is 2.30. The van der Waals surface area contributed by atoms with E-state index in [1.165, 1.54) is 0 Å². The van der Waals surface area contributed by atoms with Crippen LogP contribution in [0.5, 0.6) is 0 Å². The Bertz CT molecular complexity index is 239. The van der Waals surface area contributed by atoms with Crippen LogP contribution in [0, 0.1) is 21.8 Å². The van der Waals surface area contributed by atoms with Crippen LogP contribution in [0.15, 0.2) is 0 Å². The zero-order chi connectivity index (χ0) is 14.2. The van der Waals surface area contributed by atoms with Gasteiger partial charge in [0.05, 0.1) is 5.75 Å². The van der Waals surface area contributed by atoms with Crippen molar-refractivity contribution in [3.05, 3.63) is 9.93 Å². The van der Waals surface area contributed by atoms with Crippen LogP contribution in [-0.2, 0) is 60.6 Å². The number of hydrogen-bond donors (Lipinski definition) is 2. The van der Waals surface area contributed by atoms with Crippen molar-refractivity contribution in [1.82, 2.24) is 0 Å². The van der Waals surface area contributed by atoms with Crippen LogP contribution in [0.1, 0.15) is 23.2 Å². The molecule has 0 aliphatic carbocycles. The predicted octanol–water partition coefficient (Wildman–Crippen LogP) is -0.743. The molecule has 0 aromatic heterocycles. The van der Waals surface area contributed by atoms with Gasteiger partial charge in [-0.3, -0.25) is 0 Å². The van der Waals surface area contributed by atoms with Crippen LogP contribution in [-0.4, -0.2) is 45.1 Å². The van der Waals surface area contributed by atoms with Crippen molar-refractivity contribution >= 4 is 55.7 Å². The van der Waals surface area contributed by atoms with Gasteiger partial charge < -0.3 is 20.9 Å². The fraction of sp³-hybridized carbons (Fsp3) is 0.571. The average Bonchev–Trinajstić information content (AvgIpc) is 2.25. The second-order valence-corrected chi connectivity index (χ2v) is 1.40. The maximum atomic E-state index is 8.29. The maximum absolute atomic E-state index is 8.29. The largest absolute Gasteiger partial charge is 0.665 e. The number of hydrogen-bond acceptors (Lipinski definition) is 8. The van der Waals surface area contributed by atoms with Crippen molar-refractivity contribution in [2.75, 3.05) is 5.75 Å². The molecule has 0 saturated carbocycles. The molecule has 139 valence electrons. The van der Waals surface area contributed by atoms with Crippen molar-refractivity contribution in [1.29, 1.82) is 0 Å². The van der Waals surface area contributed by atoms with Gasteiger partial charge in [0.25, 0.3) is 0 Å². The Hall–Kier alpha value is -0.00610. The zero-order valence-corrected chi connectivity index (χ0v) is 16.2. The van der Waals surface area contributed by atoms with Gasteiger partial charge in [-0.15, -0.1) is 5.92 Å². The Balaban J connectivity index is -0.00000000627. The molecular formula is C7H23O10S4Y-. The minimum atomic E-state index is -0.750. The molecule has 0 aliphatic heterocycles. The molecule has 0 heterocycles. The summed E-state index contributed by atoms with van der Waals surface area (Å²) in [6, 6.07) is 0. The van der Waals surface area contributed by atoms with Crippen molar-refractivity contribution < 1.29 is 71.8 Å². The maximum Gasteiger partial charge on any atom is 0.335 e. The monoisotopic (exact) mass is 484 g/mol. The van der Waals surface area contributed by atoms with Crippen molar-refractivity contribution in [2.24, 2.45) is 0 Å². The Kier molecular flexibility index (Phi) is 852. The number of rotatable bonds is 0. The van der Waals surface area contributed by atoms with E-state index in [0.29, 0.717) is 12.2 Å². The molecule has 0 rings (SSSR count). The van der Waals surface area contributed by atoms with Gasteiger partial charge in [0.1, 0.15) is 0 Å². The molecule has 0 spiro atoms. The molecule has 0 amide bonds. The summed E-state index contributed by atoms with van der Waals surface area (Å²) >= 11 is 2.33. The first kappa shape index (κ1) is 80.2. The summed E-state index contributed by atoms with van der Waals surface area (Å²) in [6.07, 6.45) is 0. The first-order valence-electron chi connectivity index (χ1n) is 2.68. The minimum Gasteiger partial charge on any atom is -0.665 e. The van der Waals surface area contributed by atoms with Gasteiger partial charge in [0.2, 0.25) is 0 Å². The van der Waals surface area contributed by atoms with E-state index in [1.54, 1.807) is 6.92 Å². The SMILES string of the molecule is C.C.CC#CCS.O.O.O=O.O=S=O.O=S=O.O=[C-]O.S.[HH].[Y]. The Labute approximate surface area is 175 Å². The van der Waals surface area contributed by atoms with Crippen LogP contribution >= 0.6 is 26.1 Å². The van der Waals surface area contributed by atoms with Crippen LogP contribution in [0.2, 0.25) is 0 Å². The van der Waals surface area contributed by atoms with E-state index < -0.39 is 23.1 Å². The molecule has 5 N–H and O–H groups in total. The Morgan fingerprint density at radius 1 is 1.09 bits per heavy atom. The molecule has 1 radical (unpaired) electrons. The van der Waals surface area contributed by atoms with Gasteiger partial charge >= 0.3 is 23.1 Å². The van der Waals surface area contributed by atoms with Gasteiger partial charge in [-0.05, 0) is 6.92 Å². The van der Waals surface area contributed by atoms with E-state index in [0.717, 1.165) is 0 Å². The van der Waals surface area contributed by atoms with E-state index >= 15 is 0 Å². The topological polar surface area (TPSA) is 203 Å². The summed E-state index contributed by atoms with van der Waals surface area (Å²) in [7, 11) is 0. The van der Waals surface area contributed by atoms with Crippen molar-refractivity contribution in [3.8, 4) is 11.8 Å². The van der Waals surface area contributed by atoms with Gasteiger partial charge in [0.15, 0.2) is 0 Å². The zero-order valence-electron chi connectivity index (χ0n) is 9.85. The molecule has 0 aromatic rings. The third-order valence-corrected chi connectivity index (χ3v) is 0.414. The summed E-state index contributed by atoms with van der Waals surface area (Å²) in [5.74, 6) is 6.09. The summed E-state index contributed by atoms with van der Waals surface area (Å²) in [5.41, 5.74) is 0. The quantitative estimate of drug-likeness (QED) is 0.254.